The van der Waals surface area contributed by atoms with Crippen molar-refractivity contribution in [2.75, 3.05) is 7.11 Å². The highest BCUT2D eigenvalue weighted by Gasteiger charge is 2.04. The Morgan fingerprint density at radius 1 is 1.62 bits per heavy atom. The third-order valence-corrected chi connectivity index (χ3v) is 3.90. The van der Waals surface area contributed by atoms with E-state index in [0.717, 1.165) is 13.6 Å². The van der Waals surface area contributed by atoms with Crippen molar-refractivity contribution in [3.8, 4) is 0 Å². The standard InChI is InChI=1S/C9H8BrIO2/c1-13-9(12)5-6-2-3-8(11)7(10)4-6/h2-4H,5H2,1H3. The van der Waals surface area contributed by atoms with Gasteiger partial charge in [-0.15, -0.1) is 0 Å². The van der Waals surface area contributed by atoms with Gasteiger partial charge in [-0.3, -0.25) is 4.79 Å². The zero-order valence-electron chi connectivity index (χ0n) is 7.01. The lowest BCUT2D eigenvalue weighted by molar-refractivity contribution is -0.139. The minimum Gasteiger partial charge on any atom is -0.469 e. The largest absolute Gasteiger partial charge is 0.469 e. The van der Waals surface area contributed by atoms with Crippen LogP contribution in [0.3, 0.4) is 0 Å². The SMILES string of the molecule is COC(=O)Cc1ccc(I)c(Br)c1. The highest BCUT2D eigenvalue weighted by Crippen LogP contribution is 2.20. The van der Waals surface area contributed by atoms with Gasteiger partial charge in [-0.2, -0.15) is 0 Å². The fraction of sp³-hybridized carbons (Fsp3) is 0.222. The third kappa shape index (κ3) is 3.27. The van der Waals surface area contributed by atoms with Crippen LogP contribution >= 0.6 is 38.5 Å². The minimum atomic E-state index is -0.215. The molecule has 0 aliphatic heterocycles. The highest BCUT2D eigenvalue weighted by atomic mass is 127. The second-order valence-corrected chi connectivity index (χ2v) is 4.52. The number of esters is 1. The molecular formula is C9H8BrIO2. The molecule has 0 fully saturated rings. The van der Waals surface area contributed by atoms with Gasteiger partial charge < -0.3 is 4.74 Å². The summed E-state index contributed by atoms with van der Waals surface area (Å²) in [7, 11) is 1.39. The van der Waals surface area contributed by atoms with Crippen molar-refractivity contribution in [1.82, 2.24) is 0 Å². The third-order valence-electron chi connectivity index (χ3n) is 1.56. The molecule has 13 heavy (non-hydrogen) atoms. The van der Waals surface area contributed by atoms with Crippen LogP contribution in [-0.4, -0.2) is 13.1 Å². The van der Waals surface area contributed by atoms with Gasteiger partial charge >= 0.3 is 5.97 Å². The van der Waals surface area contributed by atoms with E-state index in [1.165, 1.54) is 7.11 Å². The Labute approximate surface area is 98.9 Å². The van der Waals surface area contributed by atoms with Crippen LogP contribution in [0.15, 0.2) is 22.7 Å². The van der Waals surface area contributed by atoms with Gasteiger partial charge in [0.1, 0.15) is 0 Å². The number of carbonyl (C=O) groups excluding carboxylic acids is 1. The average molecular weight is 355 g/mol. The van der Waals surface area contributed by atoms with Gasteiger partial charge in [0.05, 0.1) is 13.5 Å². The van der Waals surface area contributed by atoms with Crippen molar-refractivity contribution in [3.63, 3.8) is 0 Å². The van der Waals surface area contributed by atoms with Crippen LogP contribution in [0.25, 0.3) is 0 Å². The van der Waals surface area contributed by atoms with E-state index in [0.29, 0.717) is 6.42 Å². The quantitative estimate of drug-likeness (QED) is 0.603. The maximum atomic E-state index is 10.9. The van der Waals surface area contributed by atoms with Crippen molar-refractivity contribution in [3.05, 3.63) is 31.8 Å². The average Bonchev–Trinajstić information content (AvgIpc) is 2.11. The van der Waals surface area contributed by atoms with Crippen molar-refractivity contribution in [2.24, 2.45) is 0 Å². The van der Waals surface area contributed by atoms with Crippen LogP contribution in [-0.2, 0) is 16.0 Å². The second kappa shape index (κ2) is 4.95. The number of ether oxygens (including phenoxy) is 1. The number of hydrogen-bond acceptors (Lipinski definition) is 2. The monoisotopic (exact) mass is 354 g/mol. The van der Waals surface area contributed by atoms with Crippen LogP contribution in [0.1, 0.15) is 5.56 Å². The Kier molecular flexibility index (Phi) is 4.18. The summed E-state index contributed by atoms with van der Waals surface area (Å²) in [5.41, 5.74) is 0.958. The van der Waals surface area contributed by atoms with Crippen molar-refractivity contribution < 1.29 is 9.53 Å². The topological polar surface area (TPSA) is 26.3 Å². The van der Waals surface area contributed by atoms with Crippen molar-refractivity contribution in [1.29, 1.82) is 0 Å². The molecule has 0 spiro atoms. The van der Waals surface area contributed by atoms with Gasteiger partial charge in [0, 0.05) is 8.04 Å². The van der Waals surface area contributed by atoms with E-state index in [1.54, 1.807) is 0 Å². The number of carbonyl (C=O) groups is 1. The summed E-state index contributed by atoms with van der Waals surface area (Å²) in [4.78, 5) is 10.9. The number of halogens is 2. The van der Waals surface area contributed by atoms with Crippen LogP contribution in [0.2, 0.25) is 0 Å². The fourth-order valence-corrected chi connectivity index (χ4v) is 1.65. The molecule has 1 aromatic carbocycles. The smallest absolute Gasteiger partial charge is 0.309 e. The summed E-state index contributed by atoms with van der Waals surface area (Å²) in [5, 5.41) is 0. The van der Waals surface area contributed by atoms with Gasteiger partial charge in [-0.1, -0.05) is 6.07 Å². The molecular weight excluding hydrogens is 347 g/mol. The van der Waals surface area contributed by atoms with Gasteiger partial charge in [-0.25, -0.2) is 0 Å². The molecule has 0 unspecified atom stereocenters. The summed E-state index contributed by atoms with van der Waals surface area (Å²) in [6.45, 7) is 0. The number of rotatable bonds is 2. The molecule has 0 bridgehead atoms. The van der Waals surface area contributed by atoms with Crippen LogP contribution < -0.4 is 0 Å². The Morgan fingerprint density at radius 2 is 2.31 bits per heavy atom. The van der Waals surface area contributed by atoms with Gasteiger partial charge in [0.25, 0.3) is 0 Å². The Hall–Kier alpha value is -0.100. The number of methoxy groups -OCH3 is 1. The van der Waals surface area contributed by atoms with Crippen LogP contribution in [0, 0.1) is 3.57 Å². The predicted octanol–water partition coefficient (Wildman–Crippen LogP) is 2.77. The first kappa shape index (κ1) is 11.0. The second-order valence-electron chi connectivity index (χ2n) is 2.50. The maximum absolute atomic E-state index is 10.9. The summed E-state index contributed by atoms with van der Waals surface area (Å²) < 4.78 is 6.71. The maximum Gasteiger partial charge on any atom is 0.309 e. The van der Waals surface area contributed by atoms with E-state index >= 15 is 0 Å². The van der Waals surface area contributed by atoms with E-state index in [9.17, 15) is 4.79 Å². The Balaban J connectivity index is 2.79. The number of hydrogen-bond donors (Lipinski definition) is 0. The van der Waals surface area contributed by atoms with Gasteiger partial charge in [0.2, 0.25) is 0 Å². The van der Waals surface area contributed by atoms with Crippen molar-refractivity contribution >= 4 is 44.5 Å². The molecule has 2 nitrogen and oxygen atoms in total. The summed E-state index contributed by atoms with van der Waals surface area (Å²) in [6, 6.07) is 5.81. The van der Waals surface area contributed by atoms with Gasteiger partial charge in [0.15, 0.2) is 0 Å². The van der Waals surface area contributed by atoms with Gasteiger partial charge in [-0.05, 0) is 56.2 Å². The molecule has 0 N–H and O–H groups in total. The first-order chi connectivity index (χ1) is 6.13. The minimum absolute atomic E-state index is 0.215. The van der Waals surface area contributed by atoms with E-state index in [1.807, 2.05) is 18.2 Å². The van der Waals surface area contributed by atoms with E-state index in [2.05, 4.69) is 43.3 Å². The lowest BCUT2D eigenvalue weighted by atomic mass is 10.2. The first-order valence-electron chi connectivity index (χ1n) is 3.64. The molecule has 0 aliphatic rings. The van der Waals surface area contributed by atoms with Crippen LogP contribution in [0.4, 0.5) is 0 Å². The molecule has 0 amide bonds. The molecule has 0 saturated heterocycles. The molecule has 0 radical (unpaired) electrons. The van der Waals surface area contributed by atoms with E-state index in [-0.39, 0.29) is 5.97 Å². The molecule has 0 saturated carbocycles. The molecule has 1 aromatic rings. The molecule has 0 heterocycles. The number of benzene rings is 1. The van der Waals surface area contributed by atoms with E-state index < -0.39 is 0 Å². The van der Waals surface area contributed by atoms with Crippen molar-refractivity contribution in [2.45, 2.75) is 6.42 Å². The fourth-order valence-electron chi connectivity index (χ4n) is 0.888. The Morgan fingerprint density at radius 3 is 2.85 bits per heavy atom. The normalized spacial score (nSPS) is 9.77. The lowest BCUT2D eigenvalue weighted by Gasteiger charge is -2.01. The first-order valence-corrected chi connectivity index (χ1v) is 5.51. The molecule has 4 heteroatoms. The summed E-state index contributed by atoms with van der Waals surface area (Å²) in [5.74, 6) is -0.215. The molecule has 0 atom stereocenters. The van der Waals surface area contributed by atoms with E-state index in [4.69, 9.17) is 0 Å². The zero-order chi connectivity index (χ0) is 9.84. The van der Waals surface area contributed by atoms with Crippen LogP contribution in [0.5, 0.6) is 0 Å². The molecule has 1 rings (SSSR count). The summed E-state index contributed by atoms with van der Waals surface area (Å²) in [6.07, 6.45) is 0.325. The predicted molar refractivity (Wildman–Crippen MR) is 62.6 cm³/mol. The summed E-state index contributed by atoms with van der Waals surface area (Å²) >= 11 is 5.62. The molecule has 70 valence electrons. The molecule has 0 aliphatic carbocycles. The Bertz CT molecular complexity index is 325. The lowest BCUT2D eigenvalue weighted by Crippen LogP contribution is -2.04. The zero-order valence-corrected chi connectivity index (χ0v) is 10.8. The highest BCUT2D eigenvalue weighted by molar-refractivity contribution is 14.1. The molecule has 0 aromatic heterocycles.